The summed E-state index contributed by atoms with van der Waals surface area (Å²) >= 11 is 1.94. The third kappa shape index (κ3) is 14.1. The van der Waals surface area contributed by atoms with Gasteiger partial charge in [0.15, 0.2) is 12.6 Å². The van der Waals surface area contributed by atoms with E-state index in [0.29, 0.717) is 22.1 Å². The molecule has 1 fully saturated rings. The summed E-state index contributed by atoms with van der Waals surface area (Å²) < 4.78 is 5.00. The number of halogens is 1. The molecule has 4 atom stereocenters. The van der Waals surface area contributed by atoms with Gasteiger partial charge >= 0.3 is 0 Å². The summed E-state index contributed by atoms with van der Waals surface area (Å²) in [4.78, 5) is 97.7. The number of nitrogens with two attached hydrogens (primary N) is 1. The van der Waals surface area contributed by atoms with E-state index in [0.717, 1.165) is 16.3 Å². The zero-order valence-corrected chi connectivity index (χ0v) is 35.0. The van der Waals surface area contributed by atoms with Gasteiger partial charge in [-0.15, -0.1) is 0 Å². The topological polar surface area (TPSA) is 263 Å². The Morgan fingerprint density at radius 1 is 0.881 bits per heavy atom. The number of carbonyl (C=O) groups excluding carboxylic acids is 7. The monoisotopic (exact) mass is 927 g/mol. The molecule has 0 aliphatic carbocycles. The minimum absolute atomic E-state index is 0.00465. The first-order valence-electron chi connectivity index (χ1n) is 19.0. The summed E-state index contributed by atoms with van der Waals surface area (Å²) in [6.45, 7) is -0.538. The third-order valence-corrected chi connectivity index (χ3v) is 10.5. The van der Waals surface area contributed by atoms with Crippen molar-refractivity contribution in [3.8, 4) is 5.75 Å². The Kier molecular flexibility index (Phi) is 17.7. The van der Waals surface area contributed by atoms with E-state index < -0.39 is 72.8 Å². The van der Waals surface area contributed by atoms with E-state index in [2.05, 4.69) is 41.6 Å². The maximum absolute atomic E-state index is 14.3. The number of carbonyl (C=O) groups is 7. The molecule has 0 unspecified atom stereocenters. The van der Waals surface area contributed by atoms with Crippen molar-refractivity contribution in [2.24, 2.45) is 10.7 Å². The lowest BCUT2D eigenvalue weighted by Gasteiger charge is -2.32. The number of amides is 6. The van der Waals surface area contributed by atoms with Gasteiger partial charge in [-0.3, -0.25) is 38.6 Å². The Morgan fingerprint density at radius 3 is 2.27 bits per heavy atom. The van der Waals surface area contributed by atoms with E-state index in [9.17, 15) is 38.7 Å². The molecule has 4 rings (SSSR count). The summed E-state index contributed by atoms with van der Waals surface area (Å²) in [6, 6.07) is 13.2. The number of nitrogens with one attached hydrogen (secondary N) is 6. The van der Waals surface area contributed by atoms with Crippen molar-refractivity contribution in [2.75, 3.05) is 40.3 Å². The van der Waals surface area contributed by atoms with Crippen LogP contribution in [-0.4, -0.2) is 122 Å². The molecule has 0 aromatic heterocycles. The van der Waals surface area contributed by atoms with Crippen LogP contribution in [0.3, 0.4) is 0 Å². The van der Waals surface area contributed by atoms with Crippen LogP contribution in [0.5, 0.6) is 5.75 Å². The fourth-order valence-electron chi connectivity index (χ4n) is 6.45. The van der Waals surface area contributed by atoms with Crippen LogP contribution in [0, 0.1) is 3.57 Å². The van der Waals surface area contributed by atoms with Crippen molar-refractivity contribution in [1.82, 2.24) is 36.8 Å². The van der Waals surface area contributed by atoms with Crippen LogP contribution in [0.1, 0.15) is 36.8 Å². The number of fused-ring (bicyclic) bond motifs is 1. The predicted octanol–water partition coefficient (Wildman–Crippen LogP) is -0.270. The predicted molar refractivity (Wildman–Crippen MR) is 227 cm³/mol. The van der Waals surface area contributed by atoms with Crippen molar-refractivity contribution < 1.29 is 43.4 Å². The molecular formula is C40H50IN9O9. The summed E-state index contributed by atoms with van der Waals surface area (Å²) in [7, 11) is 2.91. The fourth-order valence-corrected chi connectivity index (χ4v) is 7.03. The lowest BCUT2D eigenvalue weighted by molar-refractivity contribution is -0.142. The summed E-state index contributed by atoms with van der Waals surface area (Å²) in [5, 5.41) is 28.4. The quantitative estimate of drug-likeness (QED) is 0.0324. The molecule has 0 spiro atoms. The van der Waals surface area contributed by atoms with E-state index in [1.165, 1.54) is 25.1 Å². The van der Waals surface area contributed by atoms with Gasteiger partial charge in [-0.2, -0.15) is 0 Å². The number of ether oxygens (including phenoxy) is 1. The van der Waals surface area contributed by atoms with Crippen LogP contribution in [0.4, 0.5) is 0 Å². The highest BCUT2D eigenvalue weighted by atomic mass is 127. The second kappa shape index (κ2) is 22.8. The van der Waals surface area contributed by atoms with Crippen LogP contribution in [0.2, 0.25) is 0 Å². The van der Waals surface area contributed by atoms with Crippen molar-refractivity contribution in [3.63, 3.8) is 0 Å². The minimum Gasteiger partial charge on any atom is -0.507 e. The standard InChI is InChI=1S/C40H50IN9O9/c1-43-40(42)45-16-5-9-29-37(56)49-30(19-24-11-13-26-7-3-4-8-27(26)17-24)36(55)46-21-34(53)47-31(20-25-12-14-33(52)28(41)18-25)39(58)50(2)32(38(57)48-29)10-6-15-44-35(54)22-59-23-51/h3-4,7-8,11-14,17-18,23,29-32,52H,5-6,9-10,15-16,19-22H2,1-2H3,(H,44,54)(H,46,55)(H,47,53)(H,48,57)(H,49,56)(H3,42,43,45)/t29-,30-,31+,32+/m0/s1. The van der Waals surface area contributed by atoms with Gasteiger partial charge in [0, 0.05) is 40.0 Å². The molecule has 9 N–H and O–H groups in total. The molecule has 3 aromatic rings. The number of hydrogen-bond acceptors (Lipinski definition) is 10. The molecule has 0 radical (unpaired) electrons. The average molecular weight is 928 g/mol. The van der Waals surface area contributed by atoms with Crippen LogP contribution in [0.15, 0.2) is 65.7 Å². The molecule has 1 aliphatic heterocycles. The van der Waals surface area contributed by atoms with E-state index in [4.69, 9.17) is 5.73 Å². The average Bonchev–Trinajstić information content (AvgIpc) is 3.22. The largest absolute Gasteiger partial charge is 0.507 e. The summed E-state index contributed by atoms with van der Waals surface area (Å²) in [5.74, 6) is -3.76. The first kappa shape index (κ1) is 45.7. The lowest BCUT2D eigenvalue weighted by atomic mass is 10.00. The molecule has 1 saturated heterocycles. The van der Waals surface area contributed by atoms with E-state index in [1.807, 2.05) is 65.1 Å². The van der Waals surface area contributed by atoms with E-state index in [-0.39, 0.29) is 56.8 Å². The van der Waals surface area contributed by atoms with Crippen molar-refractivity contribution >= 4 is 81.2 Å². The third-order valence-electron chi connectivity index (χ3n) is 9.62. The van der Waals surface area contributed by atoms with Gasteiger partial charge in [0.1, 0.15) is 29.9 Å². The van der Waals surface area contributed by atoms with Gasteiger partial charge < -0.3 is 52.4 Å². The molecular weight excluding hydrogens is 877 g/mol. The minimum atomic E-state index is -1.23. The zero-order chi connectivity index (χ0) is 42.9. The normalized spacial score (nSPS) is 19.7. The number of nitrogens with zero attached hydrogens (tertiary/aromatic N) is 2. The van der Waals surface area contributed by atoms with Crippen LogP contribution >= 0.6 is 22.6 Å². The molecule has 1 aliphatic rings. The Hall–Kier alpha value is -5.99. The first-order chi connectivity index (χ1) is 28.3. The van der Waals surface area contributed by atoms with E-state index >= 15 is 0 Å². The highest BCUT2D eigenvalue weighted by molar-refractivity contribution is 14.1. The number of guanidine groups is 1. The molecule has 0 bridgehead atoms. The van der Waals surface area contributed by atoms with Gasteiger partial charge in [-0.1, -0.05) is 48.5 Å². The molecule has 18 nitrogen and oxygen atoms in total. The first-order valence-corrected chi connectivity index (χ1v) is 20.0. The Bertz CT molecular complexity index is 2030. The van der Waals surface area contributed by atoms with Crippen molar-refractivity contribution in [3.05, 3.63) is 75.4 Å². The van der Waals surface area contributed by atoms with Crippen LogP contribution in [-0.2, 0) is 51.1 Å². The molecule has 6 amide bonds. The van der Waals surface area contributed by atoms with Crippen molar-refractivity contribution in [1.29, 1.82) is 0 Å². The molecule has 59 heavy (non-hydrogen) atoms. The smallest absolute Gasteiger partial charge is 0.293 e. The molecule has 316 valence electrons. The Morgan fingerprint density at radius 2 is 1.54 bits per heavy atom. The fraction of sp³-hybridized carbons (Fsp3) is 0.400. The number of aliphatic imine (C=N–C) groups is 1. The van der Waals surface area contributed by atoms with E-state index in [1.54, 1.807) is 12.1 Å². The summed E-state index contributed by atoms with van der Waals surface area (Å²) in [6.07, 6.45) is 0.612. The van der Waals surface area contributed by atoms with Gasteiger partial charge in [-0.25, -0.2) is 0 Å². The zero-order valence-electron chi connectivity index (χ0n) is 32.8. The SMILES string of the molecule is CN=C(N)NCCC[C@@H]1NC(=O)[C@@H](CCCNC(=O)COC=O)N(C)C(=O)[C@@H](Cc2ccc(O)c(I)c2)NC(=O)CNC(=O)[C@H](Cc2ccc3ccccc3c2)NC1=O. The van der Waals surface area contributed by atoms with Crippen molar-refractivity contribution in [2.45, 2.75) is 62.7 Å². The van der Waals surface area contributed by atoms with Gasteiger partial charge in [0.25, 0.3) is 12.4 Å². The number of phenolic OH excluding ortho intramolecular Hbond substituents is 1. The maximum atomic E-state index is 14.3. The Labute approximate surface area is 355 Å². The van der Waals surface area contributed by atoms with Crippen LogP contribution in [0.25, 0.3) is 10.8 Å². The van der Waals surface area contributed by atoms with Crippen LogP contribution < -0.4 is 37.6 Å². The molecule has 1 heterocycles. The van der Waals surface area contributed by atoms with Gasteiger partial charge in [0.05, 0.1) is 10.1 Å². The molecule has 19 heteroatoms. The number of likely N-dealkylation sites (N-methyl/N-ethyl adjacent to an activating group) is 1. The highest BCUT2D eigenvalue weighted by Gasteiger charge is 2.35. The Balaban J connectivity index is 1.70. The summed E-state index contributed by atoms with van der Waals surface area (Å²) in [5.41, 5.74) is 7.11. The number of aromatic hydroxyl groups is 1. The number of rotatable bonds is 15. The second-order valence-corrected chi connectivity index (χ2v) is 15.0. The highest BCUT2D eigenvalue weighted by Crippen LogP contribution is 2.22. The number of benzene rings is 3. The second-order valence-electron chi connectivity index (χ2n) is 13.9. The van der Waals surface area contributed by atoms with Gasteiger partial charge in [0.2, 0.25) is 29.5 Å². The van der Waals surface area contributed by atoms with Gasteiger partial charge in [-0.05, 0) is 82.3 Å². The molecule has 0 saturated carbocycles. The maximum Gasteiger partial charge on any atom is 0.293 e. The number of phenols is 1. The molecule has 3 aromatic carbocycles. The number of hydrogen-bond donors (Lipinski definition) is 8. The lowest BCUT2D eigenvalue weighted by Crippen LogP contribution is -2.58.